The van der Waals surface area contributed by atoms with Crippen LogP contribution >= 0.6 is 0 Å². The summed E-state index contributed by atoms with van der Waals surface area (Å²) in [4.78, 5) is 11.0. The number of ether oxygens (including phenoxy) is 1. The maximum atomic E-state index is 5.94. The Bertz CT molecular complexity index is 704. The summed E-state index contributed by atoms with van der Waals surface area (Å²) < 4.78 is 5.94. The molecule has 2 heterocycles. The molecule has 128 valence electrons. The van der Waals surface area contributed by atoms with Gasteiger partial charge in [0, 0.05) is 17.6 Å². The Labute approximate surface area is 144 Å². The fourth-order valence-electron chi connectivity index (χ4n) is 2.88. The summed E-state index contributed by atoms with van der Waals surface area (Å²) in [5, 5.41) is 3.46. The number of nitrogens with one attached hydrogen (secondary N) is 1. The molecular formula is C19H26N4O. The van der Waals surface area contributed by atoms with Gasteiger partial charge in [-0.15, -0.1) is 0 Å². The molecule has 0 unspecified atom stereocenters. The van der Waals surface area contributed by atoms with E-state index in [1.165, 1.54) is 0 Å². The van der Waals surface area contributed by atoms with Crippen molar-refractivity contribution in [1.29, 1.82) is 0 Å². The van der Waals surface area contributed by atoms with Crippen LogP contribution < -0.4 is 15.0 Å². The molecule has 3 rings (SSSR count). The minimum absolute atomic E-state index is 0.00331. The van der Waals surface area contributed by atoms with Crippen LogP contribution in [0, 0.1) is 0 Å². The second kappa shape index (κ2) is 6.06. The van der Waals surface area contributed by atoms with Crippen LogP contribution in [-0.2, 0) is 5.41 Å². The van der Waals surface area contributed by atoms with E-state index in [2.05, 4.69) is 60.9 Å². The molecule has 2 aromatic rings. The van der Waals surface area contributed by atoms with E-state index in [1.54, 1.807) is 0 Å². The van der Waals surface area contributed by atoms with Crippen LogP contribution in [0.25, 0.3) is 0 Å². The van der Waals surface area contributed by atoms with Crippen molar-refractivity contribution in [2.75, 3.05) is 18.1 Å². The molecule has 1 aliphatic rings. The molecule has 0 radical (unpaired) electrons. The van der Waals surface area contributed by atoms with E-state index in [4.69, 9.17) is 4.74 Å². The standard InChI is InChI=1S/C19H26N4O/c1-18(2,3)15-8-6-7-9-16(15)24-17-20-10-14(11-21-17)23-12-19(4,5)22-13-23/h6-11,22H,12-13H2,1-5H3. The highest BCUT2D eigenvalue weighted by Gasteiger charge is 2.28. The van der Waals surface area contributed by atoms with E-state index >= 15 is 0 Å². The Balaban J connectivity index is 1.76. The Morgan fingerprint density at radius 1 is 1.12 bits per heavy atom. The minimum Gasteiger partial charge on any atom is -0.424 e. The zero-order chi connectivity index (χ0) is 17.4. The van der Waals surface area contributed by atoms with Crippen LogP contribution in [0.1, 0.15) is 40.2 Å². The number of para-hydroxylation sites is 1. The Morgan fingerprint density at radius 2 is 1.79 bits per heavy atom. The summed E-state index contributed by atoms with van der Waals surface area (Å²) in [7, 11) is 0. The average molecular weight is 326 g/mol. The third-order valence-electron chi connectivity index (χ3n) is 4.21. The van der Waals surface area contributed by atoms with Gasteiger partial charge in [-0.25, -0.2) is 9.97 Å². The quantitative estimate of drug-likeness (QED) is 0.932. The third-order valence-corrected chi connectivity index (χ3v) is 4.21. The van der Waals surface area contributed by atoms with Crippen LogP contribution in [0.4, 0.5) is 5.69 Å². The third kappa shape index (κ3) is 3.67. The van der Waals surface area contributed by atoms with Gasteiger partial charge in [0.1, 0.15) is 5.75 Å². The van der Waals surface area contributed by atoms with Gasteiger partial charge in [-0.05, 0) is 25.3 Å². The first-order chi connectivity index (χ1) is 11.2. The van der Waals surface area contributed by atoms with Crippen molar-refractivity contribution in [2.45, 2.75) is 45.6 Å². The first-order valence-corrected chi connectivity index (χ1v) is 8.34. The summed E-state index contributed by atoms with van der Waals surface area (Å²) in [6.45, 7) is 12.6. The zero-order valence-corrected chi connectivity index (χ0v) is 15.1. The highest BCUT2D eigenvalue weighted by atomic mass is 16.5. The van der Waals surface area contributed by atoms with Gasteiger partial charge in [0.05, 0.1) is 24.7 Å². The summed E-state index contributed by atoms with van der Waals surface area (Å²) in [5.74, 6) is 0.807. The molecule has 1 aliphatic heterocycles. The lowest BCUT2D eigenvalue weighted by Gasteiger charge is -2.22. The molecule has 24 heavy (non-hydrogen) atoms. The van der Waals surface area contributed by atoms with Crippen molar-refractivity contribution in [1.82, 2.24) is 15.3 Å². The predicted octanol–water partition coefficient (Wildman–Crippen LogP) is 3.71. The van der Waals surface area contributed by atoms with Gasteiger partial charge in [-0.3, -0.25) is 5.32 Å². The number of aromatic nitrogens is 2. The van der Waals surface area contributed by atoms with Crippen LogP contribution in [-0.4, -0.2) is 28.7 Å². The minimum atomic E-state index is 0.00331. The topological polar surface area (TPSA) is 50.3 Å². The first kappa shape index (κ1) is 16.7. The maximum absolute atomic E-state index is 5.94. The SMILES string of the molecule is CC1(C)CN(c2cnc(Oc3ccccc3C(C)(C)C)nc2)CN1. The van der Waals surface area contributed by atoms with Crippen LogP contribution in [0.3, 0.4) is 0 Å². The molecule has 0 spiro atoms. The second-order valence-corrected chi connectivity index (χ2v) is 7.99. The maximum Gasteiger partial charge on any atom is 0.322 e. The Kier molecular flexibility index (Phi) is 4.22. The monoisotopic (exact) mass is 326 g/mol. The number of rotatable bonds is 3. The highest BCUT2D eigenvalue weighted by molar-refractivity contribution is 5.45. The molecule has 5 nitrogen and oxygen atoms in total. The summed E-state index contributed by atoms with van der Waals surface area (Å²) >= 11 is 0. The Hall–Kier alpha value is -2.14. The van der Waals surface area contributed by atoms with Crippen molar-refractivity contribution >= 4 is 5.69 Å². The lowest BCUT2D eigenvalue weighted by Crippen LogP contribution is -2.34. The predicted molar refractivity (Wildman–Crippen MR) is 96.7 cm³/mol. The molecule has 0 saturated carbocycles. The van der Waals surface area contributed by atoms with Gasteiger partial charge in [0.2, 0.25) is 0 Å². The van der Waals surface area contributed by atoms with Crippen molar-refractivity contribution in [3.63, 3.8) is 0 Å². The average Bonchev–Trinajstić information content (AvgIpc) is 2.88. The molecule has 0 aliphatic carbocycles. The molecule has 1 N–H and O–H groups in total. The lowest BCUT2D eigenvalue weighted by atomic mass is 9.86. The van der Waals surface area contributed by atoms with Crippen molar-refractivity contribution in [3.8, 4) is 11.8 Å². The molecular weight excluding hydrogens is 300 g/mol. The van der Waals surface area contributed by atoms with E-state index in [0.717, 1.165) is 30.2 Å². The van der Waals surface area contributed by atoms with E-state index in [1.807, 2.05) is 30.6 Å². The van der Waals surface area contributed by atoms with Crippen LogP contribution in [0.2, 0.25) is 0 Å². The summed E-state index contributed by atoms with van der Waals surface area (Å²) in [5.41, 5.74) is 2.26. The van der Waals surface area contributed by atoms with Gasteiger partial charge in [0.25, 0.3) is 0 Å². The van der Waals surface area contributed by atoms with Crippen LogP contribution in [0.15, 0.2) is 36.7 Å². The van der Waals surface area contributed by atoms with Crippen molar-refractivity contribution < 1.29 is 4.74 Å². The van der Waals surface area contributed by atoms with Gasteiger partial charge >= 0.3 is 6.01 Å². The first-order valence-electron chi connectivity index (χ1n) is 8.34. The summed E-state index contributed by atoms with van der Waals surface area (Å²) in [6, 6.07) is 8.42. The number of anilines is 1. The molecule has 1 aromatic carbocycles. The van der Waals surface area contributed by atoms with Crippen LogP contribution in [0.5, 0.6) is 11.8 Å². The largest absolute Gasteiger partial charge is 0.424 e. The van der Waals surface area contributed by atoms with E-state index in [-0.39, 0.29) is 11.0 Å². The van der Waals surface area contributed by atoms with Gasteiger partial charge in [-0.2, -0.15) is 0 Å². The lowest BCUT2D eigenvalue weighted by molar-refractivity contribution is 0.422. The number of hydrogen-bond donors (Lipinski definition) is 1. The van der Waals surface area contributed by atoms with Gasteiger partial charge in [-0.1, -0.05) is 39.0 Å². The number of hydrogen-bond acceptors (Lipinski definition) is 5. The Morgan fingerprint density at radius 3 is 2.38 bits per heavy atom. The van der Waals surface area contributed by atoms with E-state index in [9.17, 15) is 0 Å². The number of nitrogens with zero attached hydrogens (tertiary/aromatic N) is 3. The smallest absolute Gasteiger partial charge is 0.322 e. The highest BCUT2D eigenvalue weighted by Crippen LogP contribution is 2.33. The fraction of sp³-hybridized carbons (Fsp3) is 0.474. The van der Waals surface area contributed by atoms with Gasteiger partial charge < -0.3 is 9.64 Å². The molecule has 0 amide bonds. The molecule has 5 heteroatoms. The van der Waals surface area contributed by atoms with Crippen molar-refractivity contribution in [3.05, 3.63) is 42.2 Å². The van der Waals surface area contributed by atoms with Crippen molar-refractivity contribution in [2.24, 2.45) is 0 Å². The molecule has 1 aromatic heterocycles. The molecule has 1 saturated heterocycles. The van der Waals surface area contributed by atoms with Gasteiger partial charge in [0.15, 0.2) is 0 Å². The normalized spacial score (nSPS) is 17.1. The zero-order valence-electron chi connectivity index (χ0n) is 15.1. The molecule has 1 fully saturated rings. The number of benzene rings is 1. The summed E-state index contributed by atoms with van der Waals surface area (Å²) in [6.07, 6.45) is 3.65. The second-order valence-electron chi connectivity index (χ2n) is 7.99. The molecule has 0 atom stereocenters. The van der Waals surface area contributed by atoms with E-state index < -0.39 is 0 Å². The fourth-order valence-corrected chi connectivity index (χ4v) is 2.88. The van der Waals surface area contributed by atoms with E-state index in [0.29, 0.717) is 6.01 Å². The molecule has 0 bridgehead atoms.